The Hall–Kier alpha value is -2.21. The first-order valence-corrected chi connectivity index (χ1v) is 7.67. The maximum Gasteiger partial charge on any atom is 0.273 e. The van der Waals surface area contributed by atoms with Gasteiger partial charge in [-0.15, -0.1) is 5.10 Å². The molecule has 3 N–H and O–H groups in total. The number of aromatic nitrogens is 3. The van der Waals surface area contributed by atoms with Gasteiger partial charge in [0.2, 0.25) is 0 Å². The van der Waals surface area contributed by atoms with Crippen LogP contribution in [0, 0.1) is 6.92 Å². The molecule has 1 amide bonds. The van der Waals surface area contributed by atoms with Gasteiger partial charge >= 0.3 is 0 Å². The molecule has 6 heteroatoms. The predicted molar refractivity (Wildman–Crippen MR) is 83.8 cm³/mol. The molecule has 0 spiro atoms. The molecule has 0 aliphatic heterocycles. The maximum absolute atomic E-state index is 12.2. The van der Waals surface area contributed by atoms with E-state index in [9.17, 15) is 4.79 Å². The number of rotatable bonds is 3. The van der Waals surface area contributed by atoms with Crippen molar-refractivity contribution < 1.29 is 4.79 Å². The van der Waals surface area contributed by atoms with Crippen LogP contribution < -0.4 is 11.1 Å². The Morgan fingerprint density at radius 3 is 2.82 bits per heavy atom. The highest BCUT2D eigenvalue weighted by molar-refractivity contribution is 5.92. The molecule has 1 fully saturated rings. The van der Waals surface area contributed by atoms with Gasteiger partial charge in [-0.2, -0.15) is 0 Å². The van der Waals surface area contributed by atoms with Crippen LogP contribution in [0.4, 0.5) is 0 Å². The number of amides is 1. The van der Waals surface area contributed by atoms with Gasteiger partial charge in [-0.25, -0.2) is 4.68 Å². The number of nitrogens with one attached hydrogen (secondary N) is 1. The average Bonchev–Trinajstić information content (AvgIpc) is 3.00. The second-order valence-electron chi connectivity index (χ2n) is 5.97. The van der Waals surface area contributed by atoms with Crippen LogP contribution in [-0.2, 0) is 0 Å². The van der Waals surface area contributed by atoms with Crippen molar-refractivity contribution in [2.45, 2.75) is 44.7 Å². The van der Waals surface area contributed by atoms with Crippen molar-refractivity contribution in [3.63, 3.8) is 0 Å². The number of hydrogen-bond donors (Lipinski definition) is 2. The number of aryl methyl sites for hydroxylation is 1. The Balaban J connectivity index is 1.67. The predicted octanol–water partition coefficient (Wildman–Crippen LogP) is 1.58. The Labute approximate surface area is 129 Å². The molecule has 1 aliphatic carbocycles. The minimum Gasteiger partial charge on any atom is -0.348 e. The molecule has 1 aliphatic rings. The lowest BCUT2D eigenvalue weighted by Gasteiger charge is -2.26. The fraction of sp³-hybridized carbons (Fsp3) is 0.438. The summed E-state index contributed by atoms with van der Waals surface area (Å²) in [7, 11) is 0. The van der Waals surface area contributed by atoms with Crippen molar-refractivity contribution in [1.29, 1.82) is 0 Å². The molecule has 0 unspecified atom stereocenters. The van der Waals surface area contributed by atoms with Crippen molar-refractivity contribution in [1.82, 2.24) is 20.3 Å². The largest absolute Gasteiger partial charge is 0.348 e. The molecule has 116 valence electrons. The molecule has 0 atom stereocenters. The minimum atomic E-state index is -0.167. The van der Waals surface area contributed by atoms with Crippen LogP contribution in [-0.4, -0.2) is 33.0 Å². The first kappa shape index (κ1) is 14.7. The molecular formula is C16H21N5O. The Morgan fingerprint density at radius 2 is 2.09 bits per heavy atom. The molecule has 22 heavy (non-hydrogen) atoms. The number of benzene rings is 1. The topological polar surface area (TPSA) is 85.8 Å². The van der Waals surface area contributed by atoms with Crippen LogP contribution in [0.3, 0.4) is 0 Å². The first-order valence-electron chi connectivity index (χ1n) is 7.67. The lowest BCUT2D eigenvalue weighted by Crippen LogP contribution is -2.40. The van der Waals surface area contributed by atoms with Gasteiger partial charge in [-0.3, -0.25) is 4.79 Å². The van der Waals surface area contributed by atoms with Crippen LogP contribution in [0.15, 0.2) is 30.5 Å². The normalized spacial score (nSPS) is 21.5. The van der Waals surface area contributed by atoms with Gasteiger partial charge < -0.3 is 11.1 Å². The van der Waals surface area contributed by atoms with E-state index in [1.165, 1.54) is 0 Å². The number of hydrogen-bond acceptors (Lipinski definition) is 4. The number of carbonyl (C=O) groups excluding carboxylic acids is 1. The molecule has 3 rings (SSSR count). The van der Waals surface area contributed by atoms with E-state index in [0.29, 0.717) is 5.69 Å². The zero-order valence-corrected chi connectivity index (χ0v) is 12.7. The highest BCUT2D eigenvalue weighted by atomic mass is 16.2. The van der Waals surface area contributed by atoms with Gasteiger partial charge in [0.25, 0.3) is 5.91 Å². The summed E-state index contributed by atoms with van der Waals surface area (Å²) in [4.78, 5) is 12.2. The van der Waals surface area contributed by atoms with Crippen molar-refractivity contribution in [2.75, 3.05) is 0 Å². The number of carbonyl (C=O) groups is 1. The van der Waals surface area contributed by atoms with Gasteiger partial charge in [0, 0.05) is 12.1 Å². The summed E-state index contributed by atoms with van der Waals surface area (Å²) in [5, 5.41) is 11.0. The SMILES string of the molecule is Cc1cccc(-n2cc(C(=O)NC3CCC(N)CC3)nn2)c1. The third kappa shape index (κ3) is 3.33. The van der Waals surface area contributed by atoms with Crippen LogP contribution in [0.5, 0.6) is 0 Å². The zero-order valence-electron chi connectivity index (χ0n) is 12.7. The third-order valence-corrected chi connectivity index (χ3v) is 4.10. The van der Waals surface area contributed by atoms with Crippen LogP contribution in [0.1, 0.15) is 41.7 Å². The van der Waals surface area contributed by atoms with Crippen molar-refractivity contribution >= 4 is 5.91 Å². The molecule has 0 radical (unpaired) electrons. The highest BCUT2D eigenvalue weighted by Crippen LogP contribution is 2.17. The van der Waals surface area contributed by atoms with Crippen LogP contribution >= 0.6 is 0 Å². The Kier molecular flexibility index (Phi) is 4.20. The lowest BCUT2D eigenvalue weighted by molar-refractivity contribution is 0.0920. The molecule has 0 bridgehead atoms. The van der Waals surface area contributed by atoms with E-state index in [-0.39, 0.29) is 18.0 Å². The van der Waals surface area contributed by atoms with Gasteiger partial charge in [0.05, 0.1) is 11.9 Å². The lowest BCUT2D eigenvalue weighted by atomic mass is 9.92. The molecule has 1 aromatic carbocycles. The maximum atomic E-state index is 12.2. The quantitative estimate of drug-likeness (QED) is 0.901. The monoisotopic (exact) mass is 299 g/mol. The summed E-state index contributed by atoms with van der Waals surface area (Å²) in [6.45, 7) is 2.02. The minimum absolute atomic E-state index is 0.167. The summed E-state index contributed by atoms with van der Waals surface area (Å²) >= 11 is 0. The smallest absolute Gasteiger partial charge is 0.273 e. The third-order valence-electron chi connectivity index (χ3n) is 4.10. The Morgan fingerprint density at radius 1 is 1.32 bits per heavy atom. The van der Waals surface area contributed by atoms with Crippen molar-refractivity contribution in [2.24, 2.45) is 5.73 Å². The van der Waals surface area contributed by atoms with Gasteiger partial charge in [0.1, 0.15) is 0 Å². The van der Waals surface area contributed by atoms with E-state index < -0.39 is 0 Å². The Bertz CT molecular complexity index is 658. The van der Waals surface area contributed by atoms with Crippen molar-refractivity contribution in [3.8, 4) is 5.69 Å². The van der Waals surface area contributed by atoms with Crippen LogP contribution in [0.25, 0.3) is 5.69 Å². The molecule has 1 aromatic heterocycles. The van der Waals surface area contributed by atoms with Gasteiger partial charge in [0.15, 0.2) is 5.69 Å². The van der Waals surface area contributed by atoms with Gasteiger partial charge in [-0.05, 0) is 50.3 Å². The number of nitrogens with two attached hydrogens (primary N) is 1. The fourth-order valence-electron chi connectivity index (χ4n) is 2.79. The first-order chi connectivity index (χ1) is 10.6. The van der Waals surface area contributed by atoms with E-state index >= 15 is 0 Å². The van der Waals surface area contributed by atoms with Crippen LogP contribution in [0.2, 0.25) is 0 Å². The molecule has 1 heterocycles. The average molecular weight is 299 g/mol. The molecule has 0 saturated heterocycles. The zero-order chi connectivity index (χ0) is 15.5. The van der Waals surface area contributed by atoms with Gasteiger partial charge in [-0.1, -0.05) is 17.3 Å². The fourth-order valence-corrected chi connectivity index (χ4v) is 2.79. The van der Waals surface area contributed by atoms with E-state index in [1.807, 2.05) is 31.2 Å². The summed E-state index contributed by atoms with van der Waals surface area (Å²) in [5.74, 6) is -0.167. The van der Waals surface area contributed by atoms with Crippen molar-refractivity contribution in [3.05, 3.63) is 41.7 Å². The molecular weight excluding hydrogens is 278 g/mol. The van der Waals surface area contributed by atoms with E-state index in [2.05, 4.69) is 15.6 Å². The molecule has 6 nitrogen and oxygen atoms in total. The summed E-state index contributed by atoms with van der Waals surface area (Å²) in [5.41, 5.74) is 8.26. The summed E-state index contributed by atoms with van der Waals surface area (Å²) in [6.07, 6.45) is 5.44. The molecule has 2 aromatic rings. The second kappa shape index (κ2) is 6.27. The van der Waals surface area contributed by atoms with E-state index in [0.717, 1.165) is 36.9 Å². The van der Waals surface area contributed by atoms with E-state index in [4.69, 9.17) is 5.73 Å². The highest BCUT2D eigenvalue weighted by Gasteiger charge is 2.21. The van der Waals surface area contributed by atoms with E-state index in [1.54, 1.807) is 10.9 Å². The molecule has 1 saturated carbocycles. The summed E-state index contributed by atoms with van der Waals surface area (Å²) < 4.78 is 1.62. The number of nitrogens with zero attached hydrogens (tertiary/aromatic N) is 3. The standard InChI is InChI=1S/C16H21N5O/c1-11-3-2-4-14(9-11)21-10-15(19-20-21)16(22)18-13-7-5-12(17)6-8-13/h2-4,9-10,12-13H,5-8,17H2,1H3,(H,18,22). The summed E-state index contributed by atoms with van der Waals surface area (Å²) in [6, 6.07) is 8.37. The second-order valence-corrected chi connectivity index (χ2v) is 5.97.